The average Bonchev–Trinajstić information content (AvgIpc) is 2.86. The smallest absolute Gasteiger partial charge is 0.307 e. The van der Waals surface area contributed by atoms with Crippen LogP contribution in [0.1, 0.15) is 26.2 Å². The molecule has 1 aromatic rings. The van der Waals surface area contributed by atoms with E-state index in [1.165, 1.54) is 0 Å². The van der Waals surface area contributed by atoms with Crippen LogP contribution in [-0.4, -0.2) is 54.2 Å². The first-order valence-electron chi connectivity index (χ1n) is 8.72. The van der Waals surface area contributed by atoms with E-state index in [-0.39, 0.29) is 18.3 Å². The Labute approximate surface area is 159 Å². The molecule has 2 aliphatic heterocycles. The van der Waals surface area contributed by atoms with E-state index in [1.54, 1.807) is 18.2 Å². The summed E-state index contributed by atoms with van der Waals surface area (Å²) >= 11 is 0. The number of nitrogens with zero attached hydrogens (tertiary/aromatic N) is 1. The van der Waals surface area contributed by atoms with Crippen LogP contribution in [0.15, 0.2) is 18.2 Å². The number of aliphatic carboxylic acids is 1. The highest BCUT2D eigenvalue weighted by Gasteiger charge is 2.30. The summed E-state index contributed by atoms with van der Waals surface area (Å²) in [7, 11) is 0. The van der Waals surface area contributed by atoms with Gasteiger partial charge < -0.3 is 19.9 Å². The number of likely N-dealkylation sites (tertiary alicyclic amines) is 1. The van der Waals surface area contributed by atoms with Crippen LogP contribution in [0.3, 0.4) is 0 Å². The highest BCUT2D eigenvalue weighted by molar-refractivity contribution is 5.94. The normalized spacial score (nSPS) is 21.0. The van der Waals surface area contributed by atoms with Crippen molar-refractivity contribution in [2.45, 2.75) is 32.2 Å². The number of ether oxygens (including phenoxy) is 2. The third-order valence-electron chi connectivity index (χ3n) is 4.74. The summed E-state index contributed by atoms with van der Waals surface area (Å²) in [6, 6.07) is 4.95. The summed E-state index contributed by atoms with van der Waals surface area (Å²) in [4.78, 5) is 25.7. The van der Waals surface area contributed by atoms with Crippen molar-refractivity contribution in [3.8, 4) is 11.5 Å². The first-order chi connectivity index (χ1) is 12.0. The summed E-state index contributed by atoms with van der Waals surface area (Å²) in [5.74, 6) is -0.0291. The lowest BCUT2D eigenvalue weighted by atomic mass is 9.97. The van der Waals surface area contributed by atoms with Gasteiger partial charge in [-0.2, -0.15) is 0 Å². The minimum Gasteiger partial charge on any atom is -0.490 e. The molecule has 1 amide bonds. The van der Waals surface area contributed by atoms with Crippen molar-refractivity contribution in [1.82, 2.24) is 4.90 Å². The van der Waals surface area contributed by atoms with Gasteiger partial charge >= 0.3 is 5.97 Å². The Morgan fingerprint density at radius 1 is 1.23 bits per heavy atom. The summed E-state index contributed by atoms with van der Waals surface area (Å²) in [5, 5.41) is 12.1. The fraction of sp³-hybridized carbons (Fsp3) is 0.556. The van der Waals surface area contributed by atoms with Crippen molar-refractivity contribution in [3.63, 3.8) is 0 Å². The monoisotopic (exact) mass is 384 g/mol. The topological polar surface area (TPSA) is 88.1 Å². The maximum Gasteiger partial charge on any atom is 0.307 e. The van der Waals surface area contributed by atoms with Crippen molar-refractivity contribution in [2.24, 2.45) is 5.92 Å². The Morgan fingerprint density at radius 2 is 1.96 bits per heavy atom. The molecule has 2 N–H and O–H groups in total. The lowest BCUT2D eigenvalue weighted by molar-refractivity contribution is -0.144. The second kappa shape index (κ2) is 9.09. The molecule has 0 aromatic heterocycles. The molecule has 2 heterocycles. The van der Waals surface area contributed by atoms with E-state index in [2.05, 4.69) is 5.32 Å². The molecule has 2 unspecified atom stereocenters. The number of fused-ring (bicyclic) bond motifs is 1. The number of nitrogens with one attached hydrogen (secondary N) is 1. The fourth-order valence-corrected chi connectivity index (χ4v) is 3.21. The number of anilines is 1. The number of carbonyl (C=O) groups excluding carboxylic acids is 1. The zero-order valence-electron chi connectivity index (χ0n) is 14.8. The molecule has 8 heteroatoms. The van der Waals surface area contributed by atoms with Crippen molar-refractivity contribution in [3.05, 3.63) is 18.2 Å². The van der Waals surface area contributed by atoms with E-state index < -0.39 is 17.9 Å². The number of hydrogen-bond acceptors (Lipinski definition) is 5. The predicted octanol–water partition coefficient (Wildman–Crippen LogP) is 2.39. The van der Waals surface area contributed by atoms with E-state index >= 15 is 0 Å². The van der Waals surface area contributed by atoms with Gasteiger partial charge in [0.1, 0.15) is 0 Å². The standard InChI is InChI=1S/C18H24N2O5.ClH/c1-12(20-7-2-4-13(11-20)18(22)23)17(21)19-14-5-6-15-16(10-14)25-9-3-8-24-15;/h5-6,10,12-13H,2-4,7-9,11H2,1H3,(H,19,21)(H,22,23);1H. The molecule has 0 aliphatic carbocycles. The molecule has 0 bridgehead atoms. The Hall–Kier alpha value is -1.99. The van der Waals surface area contributed by atoms with Crippen LogP contribution in [0.4, 0.5) is 5.69 Å². The molecule has 1 aromatic carbocycles. The molecule has 0 radical (unpaired) electrons. The van der Waals surface area contributed by atoms with Crippen molar-refractivity contribution in [2.75, 3.05) is 31.6 Å². The predicted molar refractivity (Wildman–Crippen MR) is 99.3 cm³/mol. The number of halogens is 1. The van der Waals surface area contributed by atoms with E-state index in [1.807, 2.05) is 11.8 Å². The molecule has 144 valence electrons. The van der Waals surface area contributed by atoms with E-state index in [0.717, 1.165) is 19.4 Å². The number of hydrogen-bond donors (Lipinski definition) is 2. The van der Waals surface area contributed by atoms with Crippen LogP contribution in [0, 0.1) is 5.92 Å². The van der Waals surface area contributed by atoms with Crippen molar-refractivity contribution < 1.29 is 24.2 Å². The molecule has 3 rings (SSSR count). The van der Waals surface area contributed by atoms with Crippen LogP contribution >= 0.6 is 12.4 Å². The Balaban J connectivity index is 0.00000243. The van der Waals surface area contributed by atoms with Gasteiger partial charge in [0, 0.05) is 24.7 Å². The van der Waals surface area contributed by atoms with Gasteiger partial charge in [-0.05, 0) is 38.4 Å². The van der Waals surface area contributed by atoms with Crippen molar-refractivity contribution >= 4 is 30.0 Å². The Kier molecular flexibility index (Phi) is 7.11. The van der Waals surface area contributed by atoms with Gasteiger partial charge in [0.05, 0.1) is 25.2 Å². The van der Waals surface area contributed by atoms with Crippen molar-refractivity contribution in [1.29, 1.82) is 0 Å². The highest BCUT2D eigenvalue weighted by Crippen LogP contribution is 2.32. The first kappa shape index (κ1) is 20.3. The van der Waals surface area contributed by atoms with Crippen LogP contribution in [0.5, 0.6) is 11.5 Å². The van der Waals surface area contributed by atoms with E-state index in [0.29, 0.717) is 43.4 Å². The zero-order valence-corrected chi connectivity index (χ0v) is 15.6. The molecule has 1 saturated heterocycles. The number of piperidine rings is 1. The zero-order chi connectivity index (χ0) is 17.8. The summed E-state index contributed by atoms with van der Waals surface area (Å²) < 4.78 is 11.2. The summed E-state index contributed by atoms with van der Waals surface area (Å²) in [5.41, 5.74) is 0.646. The quantitative estimate of drug-likeness (QED) is 0.828. The minimum absolute atomic E-state index is 0. The molecule has 0 spiro atoms. The molecule has 26 heavy (non-hydrogen) atoms. The van der Waals surface area contributed by atoms with Gasteiger partial charge in [-0.25, -0.2) is 0 Å². The third-order valence-corrected chi connectivity index (χ3v) is 4.74. The fourth-order valence-electron chi connectivity index (χ4n) is 3.21. The molecule has 2 atom stereocenters. The number of benzene rings is 1. The van der Waals surface area contributed by atoms with E-state index in [4.69, 9.17) is 9.47 Å². The number of carboxylic acid groups (broad SMARTS) is 1. The van der Waals surface area contributed by atoms with Gasteiger partial charge in [-0.1, -0.05) is 0 Å². The maximum atomic E-state index is 12.6. The largest absolute Gasteiger partial charge is 0.490 e. The minimum atomic E-state index is -0.791. The van der Waals surface area contributed by atoms with E-state index in [9.17, 15) is 14.7 Å². The van der Waals surface area contributed by atoms with Gasteiger partial charge in [-0.3, -0.25) is 14.5 Å². The molecule has 2 aliphatic rings. The van der Waals surface area contributed by atoms with Crippen LogP contribution < -0.4 is 14.8 Å². The SMILES string of the molecule is CC(C(=O)Nc1ccc2c(c1)OCCCO2)N1CCCC(C(=O)O)C1.Cl. The van der Waals surface area contributed by atoms with Gasteiger partial charge in [0.25, 0.3) is 0 Å². The summed E-state index contributed by atoms with van der Waals surface area (Å²) in [6.07, 6.45) is 2.29. The Morgan fingerprint density at radius 3 is 2.69 bits per heavy atom. The highest BCUT2D eigenvalue weighted by atomic mass is 35.5. The second-order valence-corrected chi connectivity index (χ2v) is 6.55. The lowest BCUT2D eigenvalue weighted by Gasteiger charge is -2.34. The molecule has 0 saturated carbocycles. The average molecular weight is 385 g/mol. The molecular weight excluding hydrogens is 360 g/mol. The first-order valence-corrected chi connectivity index (χ1v) is 8.72. The van der Waals surface area contributed by atoms with Crippen LogP contribution in [0.2, 0.25) is 0 Å². The summed E-state index contributed by atoms with van der Waals surface area (Å²) in [6.45, 7) is 4.16. The van der Waals surface area contributed by atoms with Gasteiger partial charge in [0.2, 0.25) is 5.91 Å². The van der Waals surface area contributed by atoms with Crippen LogP contribution in [-0.2, 0) is 9.59 Å². The molecule has 7 nitrogen and oxygen atoms in total. The number of rotatable bonds is 4. The third kappa shape index (κ3) is 4.80. The number of carbonyl (C=O) groups is 2. The van der Waals surface area contributed by atoms with Crippen LogP contribution in [0.25, 0.3) is 0 Å². The molecule has 1 fully saturated rings. The second-order valence-electron chi connectivity index (χ2n) is 6.55. The van der Waals surface area contributed by atoms with Gasteiger partial charge in [-0.15, -0.1) is 12.4 Å². The number of amides is 1. The van der Waals surface area contributed by atoms with Gasteiger partial charge in [0.15, 0.2) is 11.5 Å². The molecular formula is C18H25ClN2O5. The lowest BCUT2D eigenvalue weighted by Crippen LogP contribution is -2.48. The Bertz CT molecular complexity index is 654. The maximum absolute atomic E-state index is 12.6. The number of carboxylic acids is 1.